The van der Waals surface area contributed by atoms with E-state index in [9.17, 15) is 0 Å². The first-order valence-corrected chi connectivity index (χ1v) is 4.07. The summed E-state index contributed by atoms with van der Waals surface area (Å²) >= 11 is 0. The van der Waals surface area contributed by atoms with Crippen molar-refractivity contribution in [3.63, 3.8) is 0 Å². The predicted octanol–water partition coefficient (Wildman–Crippen LogP) is 0.00540. The molecule has 2 rings (SSSR count). The Kier molecular flexibility index (Phi) is 2.15. The second-order valence-electron chi connectivity index (χ2n) is 2.70. The molecule has 3 N–H and O–H groups in total. The molecule has 7 heteroatoms. The number of aryl methyl sites for hydroxylation is 1. The Hall–Kier alpha value is -1.89. The van der Waals surface area contributed by atoms with Crippen LogP contribution in [0.15, 0.2) is 16.7 Å². The van der Waals surface area contributed by atoms with Crippen LogP contribution in [0, 0.1) is 0 Å². The minimum Gasteiger partial charge on any atom is -0.406 e. The standard InChI is InChI=1S/C7H10N6O/c1-13-3-2-5(12-13)9-7-11-10-6(4-8)14-7/h2-3H,4,8H2,1H3,(H,9,11,12). The maximum absolute atomic E-state index is 5.32. The zero-order chi connectivity index (χ0) is 9.97. The summed E-state index contributed by atoms with van der Waals surface area (Å²) in [7, 11) is 1.82. The molecule has 14 heavy (non-hydrogen) atoms. The van der Waals surface area contributed by atoms with E-state index in [0.29, 0.717) is 17.7 Å². The molecule has 0 radical (unpaired) electrons. The van der Waals surface area contributed by atoms with Gasteiger partial charge in [0.05, 0.1) is 6.54 Å². The fourth-order valence-electron chi connectivity index (χ4n) is 0.978. The van der Waals surface area contributed by atoms with E-state index in [4.69, 9.17) is 10.2 Å². The van der Waals surface area contributed by atoms with E-state index in [1.54, 1.807) is 10.7 Å². The molecular formula is C7H10N6O. The van der Waals surface area contributed by atoms with Crippen molar-refractivity contribution < 1.29 is 4.42 Å². The van der Waals surface area contributed by atoms with Gasteiger partial charge in [-0.15, -0.1) is 5.10 Å². The van der Waals surface area contributed by atoms with Crippen LogP contribution in [0.3, 0.4) is 0 Å². The van der Waals surface area contributed by atoms with Crippen molar-refractivity contribution in [1.82, 2.24) is 20.0 Å². The molecule has 0 saturated carbocycles. The van der Waals surface area contributed by atoms with Crippen molar-refractivity contribution in [1.29, 1.82) is 0 Å². The molecule has 2 heterocycles. The van der Waals surface area contributed by atoms with Gasteiger partial charge in [0.25, 0.3) is 0 Å². The van der Waals surface area contributed by atoms with Crippen LogP contribution in [-0.4, -0.2) is 20.0 Å². The molecule has 2 aromatic rings. The van der Waals surface area contributed by atoms with Gasteiger partial charge in [-0.1, -0.05) is 5.10 Å². The topological polar surface area (TPSA) is 94.8 Å². The summed E-state index contributed by atoms with van der Waals surface area (Å²) in [5.74, 6) is 1.04. The van der Waals surface area contributed by atoms with E-state index < -0.39 is 0 Å². The van der Waals surface area contributed by atoms with Crippen molar-refractivity contribution in [2.24, 2.45) is 12.8 Å². The number of rotatable bonds is 3. The number of aromatic nitrogens is 4. The molecule has 0 saturated heterocycles. The van der Waals surface area contributed by atoms with Crippen molar-refractivity contribution in [2.75, 3.05) is 5.32 Å². The Bertz CT molecular complexity index is 419. The average molecular weight is 194 g/mol. The van der Waals surface area contributed by atoms with Crippen LogP contribution < -0.4 is 11.1 Å². The van der Waals surface area contributed by atoms with Gasteiger partial charge in [0.2, 0.25) is 5.89 Å². The summed E-state index contributed by atoms with van der Waals surface area (Å²) in [4.78, 5) is 0. The highest BCUT2D eigenvalue weighted by Gasteiger charge is 2.05. The molecule has 0 aliphatic heterocycles. The van der Waals surface area contributed by atoms with Crippen molar-refractivity contribution in [3.05, 3.63) is 18.2 Å². The summed E-state index contributed by atoms with van der Waals surface area (Å²) in [5, 5.41) is 14.4. The quantitative estimate of drug-likeness (QED) is 0.714. The van der Waals surface area contributed by atoms with E-state index in [1.807, 2.05) is 13.2 Å². The maximum Gasteiger partial charge on any atom is 0.321 e. The van der Waals surface area contributed by atoms with Crippen molar-refractivity contribution in [3.8, 4) is 0 Å². The lowest BCUT2D eigenvalue weighted by Gasteiger charge is -1.93. The van der Waals surface area contributed by atoms with Crippen LogP contribution in [0.2, 0.25) is 0 Å². The van der Waals surface area contributed by atoms with E-state index in [0.717, 1.165) is 0 Å². The summed E-state index contributed by atoms with van der Waals surface area (Å²) in [6.45, 7) is 0.233. The van der Waals surface area contributed by atoms with Crippen LogP contribution in [0.1, 0.15) is 5.89 Å². The second kappa shape index (κ2) is 3.46. The highest BCUT2D eigenvalue weighted by Crippen LogP contribution is 2.11. The van der Waals surface area contributed by atoms with E-state index in [2.05, 4.69) is 20.6 Å². The first-order valence-electron chi connectivity index (χ1n) is 4.07. The number of anilines is 2. The van der Waals surface area contributed by atoms with Crippen LogP contribution in [-0.2, 0) is 13.6 Å². The molecule has 0 bridgehead atoms. The highest BCUT2D eigenvalue weighted by atomic mass is 16.4. The summed E-state index contributed by atoms with van der Waals surface area (Å²) < 4.78 is 6.81. The molecule has 2 aromatic heterocycles. The van der Waals surface area contributed by atoms with Gasteiger partial charge in [-0.3, -0.25) is 10.00 Å². The molecule has 7 nitrogen and oxygen atoms in total. The third kappa shape index (κ3) is 1.72. The SMILES string of the molecule is Cn1ccc(Nc2nnc(CN)o2)n1. The average Bonchev–Trinajstić information content (AvgIpc) is 2.76. The van der Waals surface area contributed by atoms with Crippen molar-refractivity contribution in [2.45, 2.75) is 6.54 Å². The smallest absolute Gasteiger partial charge is 0.321 e. The number of nitrogens with two attached hydrogens (primary N) is 1. The normalized spacial score (nSPS) is 10.4. The molecule has 0 spiro atoms. The lowest BCUT2D eigenvalue weighted by Crippen LogP contribution is -1.95. The lowest BCUT2D eigenvalue weighted by atomic mass is 10.6. The van der Waals surface area contributed by atoms with E-state index in [-0.39, 0.29) is 6.54 Å². The number of hydrogen-bond donors (Lipinski definition) is 2. The molecule has 0 atom stereocenters. The van der Waals surface area contributed by atoms with Gasteiger partial charge in [0.15, 0.2) is 5.82 Å². The fourth-order valence-corrected chi connectivity index (χ4v) is 0.978. The van der Waals surface area contributed by atoms with Crippen LogP contribution in [0.25, 0.3) is 0 Å². The van der Waals surface area contributed by atoms with Gasteiger partial charge in [0.1, 0.15) is 0 Å². The molecule has 0 aliphatic carbocycles. The minimum atomic E-state index is 0.233. The van der Waals surface area contributed by atoms with Crippen molar-refractivity contribution >= 4 is 11.8 Å². The third-order valence-corrected chi connectivity index (χ3v) is 1.59. The summed E-state index contributed by atoms with van der Waals surface area (Å²) in [6, 6.07) is 2.09. The molecule has 0 amide bonds. The van der Waals surface area contributed by atoms with Gasteiger partial charge >= 0.3 is 6.01 Å². The van der Waals surface area contributed by atoms with Gasteiger partial charge in [-0.25, -0.2) is 0 Å². The Labute approximate surface area is 79.9 Å². The van der Waals surface area contributed by atoms with Crippen LogP contribution >= 0.6 is 0 Å². The monoisotopic (exact) mass is 194 g/mol. The fraction of sp³-hybridized carbons (Fsp3) is 0.286. The van der Waals surface area contributed by atoms with E-state index in [1.165, 1.54) is 0 Å². The van der Waals surface area contributed by atoms with Gasteiger partial charge in [-0.05, 0) is 0 Å². The number of hydrogen-bond acceptors (Lipinski definition) is 6. The second-order valence-corrected chi connectivity index (χ2v) is 2.70. The molecular weight excluding hydrogens is 184 g/mol. The summed E-state index contributed by atoms with van der Waals surface area (Å²) in [6.07, 6.45) is 1.81. The molecule has 74 valence electrons. The van der Waals surface area contributed by atoms with Gasteiger partial charge in [-0.2, -0.15) is 5.10 Å². The summed E-state index contributed by atoms with van der Waals surface area (Å²) in [5.41, 5.74) is 5.32. The Morgan fingerprint density at radius 2 is 2.43 bits per heavy atom. The van der Waals surface area contributed by atoms with Gasteiger partial charge < -0.3 is 10.2 Å². The van der Waals surface area contributed by atoms with Crippen LogP contribution in [0.5, 0.6) is 0 Å². The van der Waals surface area contributed by atoms with E-state index >= 15 is 0 Å². The van der Waals surface area contributed by atoms with Crippen LogP contribution in [0.4, 0.5) is 11.8 Å². The number of nitrogens with zero attached hydrogens (tertiary/aromatic N) is 4. The largest absolute Gasteiger partial charge is 0.406 e. The Morgan fingerprint density at radius 3 is 3.00 bits per heavy atom. The molecule has 0 aromatic carbocycles. The predicted molar refractivity (Wildman–Crippen MR) is 48.7 cm³/mol. The molecule has 0 fully saturated rings. The highest BCUT2D eigenvalue weighted by molar-refractivity contribution is 5.44. The maximum atomic E-state index is 5.32. The third-order valence-electron chi connectivity index (χ3n) is 1.59. The zero-order valence-corrected chi connectivity index (χ0v) is 7.64. The molecule has 0 aliphatic rings. The first-order chi connectivity index (χ1) is 6.78. The van der Waals surface area contributed by atoms with Gasteiger partial charge in [0, 0.05) is 19.3 Å². The number of nitrogens with one attached hydrogen (secondary N) is 1. The Morgan fingerprint density at radius 1 is 1.57 bits per heavy atom. The first kappa shape index (κ1) is 8.70. The lowest BCUT2D eigenvalue weighted by molar-refractivity contribution is 0.511. The minimum absolute atomic E-state index is 0.233. The molecule has 0 unspecified atom stereocenters. The zero-order valence-electron chi connectivity index (χ0n) is 7.64. The Balaban J connectivity index is 2.10.